The van der Waals surface area contributed by atoms with E-state index in [4.69, 9.17) is 9.68 Å². The molecule has 0 bridgehead atoms. The molecule has 0 N–H and O–H groups in total. The fourth-order valence-corrected chi connectivity index (χ4v) is 1.26. The van der Waals surface area contributed by atoms with E-state index < -0.39 is 0 Å². The molecule has 0 spiro atoms. The summed E-state index contributed by atoms with van der Waals surface area (Å²) in [6, 6.07) is 7.63. The summed E-state index contributed by atoms with van der Waals surface area (Å²) in [5, 5.41) is 1.32. The summed E-state index contributed by atoms with van der Waals surface area (Å²) in [6.45, 7) is 0. The summed E-state index contributed by atoms with van der Waals surface area (Å²) < 4.78 is 0.985. The molecule has 0 amide bonds. The Balaban J connectivity index is 2.85. The molecule has 1 aromatic carbocycles. The Morgan fingerprint density at radius 3 is 2.42 bits per heavy atom. The Labute approximate surface area is 79.9 Å². The molecule has 0 heterocycles. The van der Waals surface area contributed by atoms with Crippen molar-refractivity contribution in [1.29, 1.82) is 0 Å². The molecule has 0 aliphatic heterocycles. The van der Waals surface area contributed by atoms with Gasteiger partial charge in [-0.15, -0.1) is 5.23 Å². The van der Waals surface area contributed by atoms with Crippen LogP contribution in [-0.4, -0.2) is 14.2 Å². The molecular weight excluding hydrogens is 222 g/mol. The second-order valence-corrected chi connectivity index (χ2v) is 3.02. The number of rotatable bonds is 3. The minimum absolute atomic E-state index is 0.842. The molecule has 0 aliphatic carbocycles. The first-order chi connectivity index (χ1) is 5.77. The summed E-state index contributed by atoms with van der Waals surface area (Å²) in [5.74, 6) is 0. The SMILES string of the molecule is CON(OC)c1cccc(Br)c1. The van der Waals surface area contributed by atoms with E-state index in [0.717, 1.165) is 10.2 Å². The standard InChI is InChI=1S/C8H10BrNO2/c1-11-10(12-2)8-5-3-4-7(9)6-8/h3-6H,1-2H3. The van der Waals surface area contributed by atoms with Crippen molar-refractivity contribution in [3.05, 3.63) is 28.7 Å². The van der Waals surface area contributed by atoms with E-state index in [-0.39, 0.29) is 0 Å². The van der Waals surface area contributed by atoms with Gasteiger partial charge in [0.15, 0.2) is 0 Å². The van der Waals surface area contributed by atoms with Crippen molar-refractivity contribution in [2.75, 3.05) is 19.4 Å². The summed E-state index contributed by atoms with van der Waals surface area (Å²) >= 11 is 3.35. The van der Waals surface area contributed by atoms with Crippen LogP contribution in [0.5, 0.6) is 0 Å². The summed E-state index contributed by atoms with van der Waals surface area (Å²) in [5.41, 5.74) is 0.842. The van der Waals surface area contributed by atoms with E-state index in [9.17, 15) is 0 Å². The van der Waals surface area contributed by atoms with Crippen LogP contribution in [0.1, 0.15) is 0 Å². The van der Waals surface area contributed by atoms with Crippen LogP contribution in [0.3, 0.4) is 0 Å². The lowest BCUT2D eigenvalue weighted by Crippen LogP contribution is -2.19. The monoisotopic (exact) mass is 231 g/mol. The molecule has 1 aromatic rings. The van der Waals surface area contributed by atoms with Crippen LogP contribution in [0.4, 0.5) is 5.69 Å². The quantitative estimate of drug-likeness (QED) is 0.747. The normalized spacial score (nSPS) is 9.92. The smallest absolute Gasteiger partial charge is 0.0958 e. The van der Waals surface area contributed by atoms with Gasteiger partial charge in [-0.25, -0.2) is 0 Å². The number of benzene rings is 1. The third-order valence-corrected chi connectivity index (χ3v) is 1.84. The van der Waals surface area contributed by atoms with Crippen LogP contribution >= 0.6 is 15.9 Å². The van der Waals surface area contributed by atoms with Gasteiger partial charge >= 0.3 is 0 Å². The van der Waals surface area contributed by atoms with E-state index in [1.54, 1.807) is 14.2 Å². The average Bonchev–Trinajstić information content (AvgIpc) is 2.07. The van der Waals surface area contributed by atoms with Crippen molar-refractivity contribution in [2.45, 2.75) is 0 Å². The first-order valence-electron chi connectivity index (χ1n) is 3.42. The number of halogens is 1. The number of nitrogens with zero attached hydrogens (tertiary/aromatic N) is 1. The van der Waals surface area contributed by atoms with Gasteiger partial charge in [-0.2, -0.15) is 0 Å². The van der Waals surface area contributed by atoms with Crippen LogP contribution in [0.15, 0.2) is 28.7 Å². The van der Waals surface area contributed by atoms with Gasteiger partial charge in [0.2, 0.25) is 0 Å². The first-order valence-corrected chi connectivity index (χ1v) is 4.21. The van der Waals surface area contributed by atoms with Gasteiger partial charge in [-0.1, -0.05) is 22.0 Å². The summed E-state index contributed by atoms with van der Waals surface area (Å²) in [4.78, 5) is 9.86. The summed E-state index contributed by atoms with van der Waals surface area (Å²) in [7, 11) is 3.09. The molecule has 0 atom stereocenters. The van der Waals surface area contributed by atoms with E-state index in [2.05, 4.69) is 15.9 Å². The lowest BCUT2D eigenvalue weighted by Gasteiger charge is -2.17. The molecule has 3 nitrogen and oxygen atoms in total. The minimum Gasteiger partial charge on any atom is -0.252 e. The van der Waals surface area contributed by atoms with Gasteiger partial charge < -0.3 is 0 Å². The lowest BCUT2D eigenvalue weighted by molar-refractivity contribution is -0.0433. The molecule has 1 rings (SSSR count). The molecule has 12 heavy (non-hydrogen) atoms. The highest BCUT2D eigenvalue weighted by molar-refractivity contribution is 9.10. The zero-order valence-electron chi connectivity index (χ0n) is 6.95. The van der Waals surface area contributed by atoms with E-state index >= 15 is 0 Å². The molecule has 4 heteroatoms. The Morgan fingerprint density at radius 1 is 1.25 bits per heavy atom. The van der Waals surface area contributed by atoms with Crippen LogP contribution in [0.25, 0.3) is 0 Å². The fourth-order valence-electron chi connectivity index (χ4n) is 0.875. The predicted octanol–water partition coefficient (Wildman–Crippen LogP) is 2.38. The molecule has 0 aliphatic rings. The molecule has 0 unspecified atom stereocenters. The Kier molecular flexibility index (Phi) is 3.52. The van der Waals surface area contributed by atoms with Crippen LogP contribution < -0.4 is 5.23 Å². The molecule has 0 fully saturated rings. The average molecular weight is 232 g/mol. The Bertz CT molecular complexity index is 251. The number of anilines is 1. The third-order valence-electron chi connectivity index (χ3n) is 1.35. The maximum Gasteiger partial charge on any atom is 0.0958 e. The second kappa shape index (κ2) is 4.45. The van der Waals surface area contributed by atoms with Crippen LogP contribution in [0, 0.1) is 0 Å². The largest absolute Gasteiger partial charge is 0.252 e. The van der Waals surface area contributed by atoms with Gasteiger partial charge in [0.05, 0.1) is 19.9 Å². The number of hydrogen-bond acceptors (Lipinski definition) is 3. The van der Waals surface area contributed by atoms with Gasteiger partial charge in [0, 0.05) is 4.47 Å². The molecule has 0 radical (unpaired) electrons. The topological polar surface area (TPSA) is 21.7 Å². The van der Waals surface area contributed by atoms with Crippen molar-refractivity contribution in [3.8, 4) is 0 Å². The van der Waals surface area contributed by atoms with E-state index in [1.165, 1.54) is 5.23 Å². The van der Waals surface area contributed by atoms with Crippen molar-refractivity contribution >= 4 is 21.6 Å². The lowest BCUT2D eigenvalue weighted by atomic mass is 10.3. The Morgan fingerprint density at radius 2 is 1.92 bits per heavy atom. The molecule has 0 saturated carbocycles. The zero-order valence-corrected chi connectivity index (χ0v) is 8.54. The van der Waals surface area contributed by atoms with E-state index in [0.29, 0.717) is 0 Å². The van der Waals surface area contributed by atoms with Gasteiger partial charge in [-0.3, -0.25) is 9.68 Å². The summed E-state index contributed by atoms with van der Waals surface area (Å²) in [6.07, 6.45) is 0. The Hall–Kier alpha value is -0.580. The van der Waals surface area contributed by atoms with E-state index in [1.807, 2.05) is 24.3 Å². The van der Waals surface area contributed by atoms with Crippen LogP contribution in [-0.2, 0) is 9.68 Å². The molecule has 0 aromatic heterocycles. The third kappa shape index (κ3) is 2.20. The van der Waals surface area contributed by atoms with Crippen molar-refractivity contribution in [2.24, 2.45) is 0 Å². The second-order valence-electron chi connectivity index (χ2n) is 2.10. The van der Waals surface area contributed by atoms with Crippen molar-refractivity contribution < 1.29 is 9.68 Å². The van der Waals surface area contributed by atoms with Gasteiger partial charge in [-0.05, 0) is 18.2 Å². The predicted molar refractivity (Wildman–Crippen MR) is 50.6 cm³/mol. The first kappa shape index (κ1) is 9.51. The maximum absolute atomic E-state index is 4.93. The molecule has 66 valence electrons. The van der Waals surface area contributed by atoms with Crippen LogP contribution in [0.2, 0.25) is 0 Å². The molecule has 0 saturated heterocycles. The highest BCUT2D eigenvalue weighted by Crippen LogP contribution is 2.19. The highest BCUT2D eigenvalue weighted by Gasteiger charge is 2.02. The number of hydrogen-bond donors (Lipinski definition) is 0. The van der Waals surface area contributed by atoms with Crippen molar-refractivity contribution in [3.63, 3.8) is 0 Å². The zero-order chi connectivity index (χ0) is 8.97. The van der Waals surface area contributed by atoms with Crippen molar-refractivity contribution in [1.82, 2.24) is 0 Å². The molecular formula is C8H10BrNO2. The maximum atomic E-state index is 4.93. The minimum atomic E-state index is 0.842. The fraction of sp³-hybridized carbons (Fsp3) is 0.250. The van der Waals surface area contributed by atoms with Gasteiger partial charge in [0.25, 0.3) is 0 Å². The highest BCUT2D eigenvalue weighted by atomic mass is 79.9. The van der Waals surface area contributed by atoms with Gasteiger partial charge in [0.1, 0.15) is 0 Å².